The van der Waals surface area contributed by atoms with Crippen LogP contribution in [0, 0.1) is 0 Å². The summed E-state index contributed by atoms with van der Waals surface area (Å²) < 4.78 is 6.91. The Balaban J connectivity index is 2.30. The standard InChI is InChI=1S/C10H8N4O/c11-7-5-13-14(6-7)10-8-2-4-15-9(8)1-3-12-10/h1-6H,11H2. The van der Waals surface area contributed by atoms with Gasteiger partial charge in [-0.3, -0.25) is 0 Å². The van der Waals surface area contributed by atoms with Crippen molar-refractivity contribution in [2.24, 2.45) is 0 Å². The van der Waals surface area contributed by atoms with E-state index in [-0.39, 0.29) is 0 Å². The van der Waals surface area contributed by atoms with Crippen LogP contribution in [0.5, 0.6) is 0 Å². The Hall–Kier alpha value is -2.30. The molecule has 74 valence electrons. The Morgan fingerprint density at radius 3 is 3.07 bits per heavy atom. The number of anilines is 1. The molecule has 2 N–H and O–H groups in total. The maximum absolute atomic E-state index is 5.60. The Morgan fingerprint density at radius 1 is 1.33 bits per heavy atom. The first kappa shape index (κ1) is 8.05. The van der Waals surface area contributed by atoms with Crippen LogP contribution in [0.4, 0.5) is 5.69 Å². The van der Waals surface area contributed by atoms with Gasteiger partial charge in [0.25, 0.3) is 0 Å². The maximum Gasteiger partial charge on any atom is 0.164 e. The molecule has 0 amide bonds. The second-order valence-electron chi connectivity index (χ2n) is 3.19. The highest BCUT2D eigenvalue weighted by Gasteiger charge is 2.07. The number of hydrogen-bond donors (Lipinski definition) is 1. The number of hydrogen-bond acceptors (Lipinski definition) is 4. The van der Waals surface area contributed by atoms with Gasteiger partial charge in [-0.2, -0.15) is 5.10 Å². The topological polar surface area (TPSA) is 69.9 Å². The minimum Gasteiger partial charge on any atom is -0.464 e. The predicted molar refractivity (Wildman–Crippen MR) is 55.5 cm³/mol. The van der Waals surface area contributed by atoms with Gasteiger partial charge in [-0.05, 0) is 12.1 Å². The van der Waals surface area contributed by atoms with Gasteiger partial charge in [0.15, 0.2) is 5.82 Å². The van der Waals surface area contributed by atoms with Crippen LogP contribution in [0.1, 0.15) is 0 Å². The molecule has 0 radical (unpaired) electrons. The molecule has 0 bridgehead atoms. The molecule has 0 saturated heterocycles. The summed E-state index contributed by atoms with van der Waals surface area (Å²) in [6, 6.07) is 3.67. The number of fused-ring (bicyclic) bond motifs is 1. The lowest BCUT2D eigenvalue weighted by Crippen LogP contribution is -1.97. The summed E-state index contributed by atoms with van der Waals surface area (Å²) >= 11 is 0. The van der Waals surface area contributed by atoms with Crippen LogP contribution in [-0.4, -0.2) is 14.8 Å². The van der Waals surface area contributed by atoms with Crippen molar-refractivity contribution in [1.82, 2.24) is 14.8 Å². The largest absolute Gasteiger partial charge is 0.464 e. The molecular formula is C10H8N4O. The predicted octanol–water partition coefficient (Wildman–Crippen LogP) is 1.60. The summed E-state index contributed by atoms with van der Waals surface area (Å²) in [6.07, 6.45) is 6.61. The maximum atomic E-state index is 5.60. The summed E-state index contributed by atoms with van der Waals surface area (Å²) in [7, 11) is 0. The molecule has 0 unspecified atom stereocenters. The van der Waals surface area contributed by atoms with Crippen LogP contribution < -0.4 is 5.73 Å². The average Bonchev–Trinajstić information content (AvgIpc) is 2.84. The number of pyridine rings is 1. The van der Waals surface area contributed by atoms with Crippen LogP contribution in [0.2, 0.25) is 0 Å². The molecule has 0 aliphatic carbocycles. The molecule has 0 atom stereocenters. The lowest BCUT2D eigenvalue weighted by molar-refractivity contribution is 0.615. The highest BCUT2D eigenvalue weighted by atomic mass is 16.3. The van der Waals surface area contributed by atoms with E-state index in [0.29, 0.717) is 5.69 Å². The molecule has 3 heterocycles. The van der Waals surface area contributed by atoms with Crippen LogP contribution >= 0.6 is 0 Å². The SMILES string of the molecule is Nc1cnn(-c2nccc3occc23)c1. The van der Waals surface area contributed by atoms with Gasteiger partial charge < -0.3 is 10.2 Å². The van der Waals surface area contributed by atoms with E-state index in [1.807, 2.05) is 12.1 Å². The van der Waals surface area contributed by atoms with Crippen LogP contribution in [0.3, 0.4) is 0 Å². The first-order chi connectivity index (χ1) is 7.34. The highest BCUT2D eigenvalue weighted by Crippen LogP contribution is 2.20. The summed E-state index contributed by atoms with van der Waals surface area (Å²) in [4.78, 5) is 4.25. The van der Waals surface area contributed by atoms with Crippen molar-refractivity contribution >= 4 is 16.7 Å². The van der Waals surface area contributed by atoms with Gasteiger partial charge in [0.05, 0.1) is 29.7 Å². The number of nitrogen functional groups attached to an aromatic ring is 1. The van der Waals surface area contributed by atoms with Crippen molar-refractivity contribution in [2.75, 3.05) is 5.73 Å². The zero-order valence-corrected chi connectivity index (χ0v) is 7.79. The van der Waals surface area contributed by atoms with Crippen molar-refractivity contribution in [3.63, 3.8) is 0 Å². The van der Waals surface area contributed by atoms with Gasteiger partial charge in [-0.1, -0.05) is 0 Å². The van der Waals surface area contributed by atoms with Crippen molar-refractivity contribution < 1.29 is 4.42 Å². The van der Waals surface area contributed by atoms with Crippen molar-refractivity contribution in [3.05, 3.63) is 37.0 Å². The molecule has 3 rings (SSSR count). The Bertz CT molecular complexity index is 610. The molecule has 0 aliphatic rings. The monoisotopic (exact) mass is 200 g/mol. The molecule has 3 aromatic rings. The van der Waals surface area contributed by atoms with Crippen molar-refractivity contribution in [3.8, 4) is 5.82 Å². The molecule has 0 saturated carbocycles. The lowest BCUT2D eigenvalue weighted by Gasteiger charge is -1.99. The van der Waals surface area contributed by atoms with Crippen LogP contribution in [0.15, 0.2) is 41.4 Å². The Morgan fingerprint density at radius 2 is 2.27 bits per heavy atom. The Labute approximate surface area is 85.1 Å². The average molecular weight is 200 g/mol. The first-order valence-electron chi connectivity index (χ1n) is 4.47. The van der Waals surface area contributed by atoms with Gasteiger partial charge in [0, 0.05) is 6.20 Å². The number of furan rings is 1. The molecule has 5 nitrogen and oxygen atoms in total. The van der Waals surface area contributed by atoms with E-state index in [0.717, 1.165) is 16.8 Å². The van der Waals surface area contributed by atoms with Crippen molar-refractivity contribution in [2.45, 2.75) is 0 Å². The number of rotatable bonds is 1. The molecule has 3 aromatic heterocycles. The molecule has 5 heteroatoms. The summed E-state index contributed by atoms with van der Waals surface area (Å²) in [5.41, 5.74) is 7.00. The van der Waals surface area contributed by atoms with Gasteiger partial charge >= 0.3 is 0 Å². The third kappa shape index (κ3) is 1.17. The molecular weight excluding hydrogens is 192 g/mol. The smallest absolute Gasteiger partial charge is 0.164 e. The Kier molecular flexibility index (Phi) is 1.53. The highest BCUT2D eigenvalue weighted by molar-refractivity contribution is 5.83. The van der Waals surface area contributed by atoms with Crippen molar-refractivity contribution in [1.29, 1.82) is 0 Å². The fourth-order valence-corrected chi connectivity index (χ4v) is 1.52. The second kappa shape index (κ2) is 2.84. The molecule has 0 aromatic carbocycles. The summed E-state index contributed by atoms with van der Waals surface area (Å²) in [6.45, 7) is 0. The third-order valence-corrected chi connectivity index (χ3v) is 2.18. The normalized spacial score (nSPS) is 10.9. The quantitative estimate of drug-likeness (QED) is 0.647. The number of aromatic nitrogens is 3. The minimum atomic E-state index is 0.609. The van der Waals surface area contributed by atoms with Crippen LogP contribution in [0.25, 0.3) is 16.8 Å². The van der Waals surface area contributed by atoms with E-state index in [1.54, 1.807) is 29.5 Å². The van der Waals surface area contributed by atoms with E-state index >= 15 is 0 Å². The lowest BCUT2D eigenvalue weighted by atomic mass is 10.3. The minimum absolute atomic E-state index is 0.609. The van der Waals surface area contributed by atoms with E-state index in [4.69, 9.17) is 10.2 Å². The molecule has 0 spiro atoms. The third-order valence-electron chi connectivity index (χ3n) is 2.18. The zero-order chi connectivity index (χ0) is 10.3. The summed E-state index contributed by atoms with van der Waals surface area (Å²) in [5.74, 6) is 0.720. The van der Waals surface area contributed by atoms with Gasteiger partial charge in [-0.25, -0.2) is 9.67 Å². The van der Waals surface area contributed by atoms with Gasteiger partial charge in [0.2, 0.25) is 0 Å². The fourth-order valence-electron chi connectivity index (χ4n) is 1.52. The number of nitrogens with zero attached hydrogens (tertiary/aromatic N) is 3. The zero-order valence-electron chi connectivity index (χ0n) is 7.79. The van der Waals surface area contributed by atoms with E-state index < -0.39 is 0 Å². The van der Waals surface area contributed by atoms with E-state index in [9.17, 15) is 0 Å². The van der Waals surface area contributed by atoms with Crippen LogP contribution in [-0.2, 0) is 0 Å². The van der Waals surface area contributed by atoms with E-state index in [2.05, 4.69) is 10.1 Å². The molecule has 15 heavy (non-hydrogen) atoms. The summed E-state index contributed by atoms with van der Waals surface area (Å²) in [5, 5.41) is 5.02. The number of nitrogens with two attached hydrogens (primary N) is 1. The van der Waals surface area contributed by atoms with Gasteiger partial charge in [-0.15, -0.1) is 0 Å². The molecule has 0 fully saturated rings. The molecule has 0 aliphatic heterocycles. The first-order valence-corrected chi connectivity index (χ1v) is 4.47. The van der Waals surface area contributed by atoms with E-state index in [1.165, 1.54) is 0 Å². The second-order valence-corrected chi connectivity index (χ2v) is 3.19. The van der Waals surface area contributed by atoms with Gasteiger partial charge in [0.1, 0.15) is 5.58 Å². The fraction of sp³-hybridized carbons (Fsp3) is 0.